The minimum atomic E-state index is 0.0657. The Labute approximate surface area is 117 Å². The minimum absolute atomic E-state index is 0.0657. The molecule has 4 heteroatoms. The highest BCUT2D eigenvalue weighted by Gasteiger charge is 2.29. The molecule has 0 saturated carbocycles. The van der Waals surface area contributed by atoms with E-state index < -0.39 is 0 Å². The van der Waals surface area contributed by atoms with Crippen molar-refractivity contribution in [1.82, 2.24) is 15.1 Å². The fourth-order valence-electron chi connectivity index (χ4n) is 3.29. The van der Waals surface area contributed by atoms with Crippen LogP contribution in [0.25, 0.3) is 0 Å². The Balaban J connectivity index is 1.84. The number of nitrogens with zero attached hydrogens (tertiary/aromatic N) is 2. The van der Waals surface area contributed by atoms with E-state index in [9.17, 15) is 4.79 Å². The molecule has 0 aromatic rings. The number of piperidine rings is 1. The lowest BCUT2D eigenvalue weighted by Crippen LogP contribution is -2.51. The molecule has 0 aliphatic carbocycles. The number of likely N-dealkylation sites (tertiary alicyclic amines) is 2. The molecule has 0 bridgehead atoms. The Morgan fingerprint density at radius 1 is 1.05 bits per heavy atom. The van der Waals surface area contributed by atoms with Gasteiger partial charge in [-0.1, -0.05) is 12.8 Å². The maximum absolute atomic E-state index is 12.6. The number of hydrogen-bond acceptors (Lipinski definition) is 3. The largest absolute Gasteiger partial charge is 0.341 e. The minimum Gasteiger partial charge on any atom is -0.341 e. The van der Waals surface area contributed by atoms with Crippen molar-refractivity contribution in [1.29, 1.82) is 0 Å². The summed E-state index contributed by atoms with van der Waals surface area (Å²) in [5.74, 6) is 0.352. The van der Waals surface area contributed by atoms with E-state index in [-0.39, 0.29) is 6.04 Å². The maximum atomic E-state index is 12.6. The predicted molar refractivity (Wildman–Crippen MR) is 78.2 cm³/mol. The Hall–Kier alpha value is -0.610. The second-order valence-corrected chi connectivity index (χ2v) is 6.01. The summed E-state index contributed by atoms with van der Waals surface area (Å²) in [6.45, 7) is 6.12. The van der Waals surface area contributed by atoms with Gasteiger partial charge in [0.1, 0.15) is 0 Å². The zero-order valence-electron chi connectivity index (χ0n) is 12.5. The zero-order valence-corrected chi connectivity index (χ0v) is 12.5. The Morgan fingerprint density at radius 3 is 2.16 bits per heavy atom. The van der Waals surface area contributed by atoms with Gasteiger partial charge in [0.05, 0.1) is 6.04 Å². The number of hydrogen-bond donors (Lipinski definition) is 1. The molecule has 4 nitrogen and oxygen atoms in total. The first kappa shape index (κ1) is 14.8. The molecule has 2 saturated heterocycles. The molecule has 1 unspecified atom stereocenters. The van der Waals surface area contributed by atoms with Gasteiger partial charge in [0, 0.05) is 32.2 Å². The summed E-state index contributed by atoms with van der Waals surface area (Å²) in [6, 6.07) is 0.702. The van der Waals surface area contributed by atoms with E-state index in [0.717, 1.165) is 39.0 Å². The third-order valence-electron chi connectivity index (χ3n) is 4.76. The average Bonchev–Trinajstić information content (AvgIpc) is 2.75. The Kier molecular flexibility index (Phi) is 5.64. The van der Waals surface area contributed by atoms with Gasteiger partial charge >= 0.3 is 0 Å². The molecule has 2 fully saturated rings. The first-order valence-corrected chi connectivity index (χ1v) is 7.92. The first-order valence-electron chi connectivity index (χ1n) is 7.92. The highest BCUT2D eigenvalue weighted by molar-refractivity contribution is 5.81. The molecule has 0 spiro atoms. The summed E-state index contributed by atoms with van der Waals surface area (Å²) in [5.41, 5.74) is 0. The predicted octanol–water partition coefficient (Wildman–Crippen LogP) is 1.46. The molecule has 0 aromatic carbocycles. The molecule has 0 aromatic heterocycles. The molecule has 1 atom stereocenters. The molecule has 1 N–H and O–H groups in total. The second-order valence-electron chi connectivity index (χ2n) is 6.01. The van der Waals surface area contributed by atoms with E-state index in [0.29, 0.717) is 11.9 Å². The lowest BCUT2D eigenvalue weighted by molar-refractivity contribution is -0.136. The quantitative estimate of drug-likeness (QED) is 0.841. The second kappa shape index (κ2) is 7.25. The van der Waals surface area contributed by atoms with Gasteiger partial charge in [0.15, 0.2) is 0 Å². The van der Waals surface area contributed by atoms with Crippen LogP contribution in [0.2, 0.25) is 0 Å². The molecule has 2 aliphatic heterocycles. The van der Waals surface area contributed by atoms with Crippen molar-refractivity contribution in [3.63, 3.8) is 0 Å². The van der Waals surface area contributed by atoms with Crippen LogP contribution in [-0.4, -0.2) is 61.0 Å². The maximum Gasteiger partial charge on any atom is 0.239 e. The molecule has 19 heavy (non-hydrogen) atoms. The molecule has 2 heterocycles. The van der Waals surface area contributed by atoms with Crippen LogP contribution in [0.1, 0.15) is 45.4 Å². The van der Waals surface area contributed by atoms with Gasteiger partial charge in [-0.25, -0.2) is 0 Å². The van der Waals surface area contributed by atoms with Crippen molar-refractivity contribution in [3.05, 3.63) is 0 Å². The third kappa shape index (κ3) is 3.93. The van der Waals surface area contributed by atoms with Crippen LogP contribution in [0.15, 0.2) is 0 Å². The van der Waals surface area contributed by atoms with E-state index in [1.165, 1.54) is 25.7 Å². The van der Waals surface area contributed by atoms with Crippen LogP contribution < -0.4 is 5.32 Å². The molecule has 110 valence electrons. The smallest absolute Gasteiger partial charge is 0.239 e. The number of carbonyl (C=O) groups excluding carboxylic acids is 1. The van der Waals surface area contributed by atoms with E-state index >= 15 is 0 Å². The molecular weight excluding hydrogens is 238 g/mol. The lowest BCUT2D eigenvalue weighted by atomic mass is 10.0. The van der Waals surface area contributed by atoms with Crippen LogP contribution >= 0.6 is 0 Å². The van der Waals surface area contributed by atoms with E-state index in [4.69, 9.17) is 0 Å². The van der Waals surface area contributed by atoms with Gasteiger partial charge in [-0.2, -0.15) is 0 Å². The number of rotatable bonds is 3. The van der Waals surface area contributed by atoms with E-state index in [2.05, 4.69) is 22.0 Å². The van der Waals surface area contributed by atoms with Crippen LogP contribution in [0.3, 0.4) is 0 Å². The summed E-state index contributed by atoms with van der Waals surface area (Å²) < 4.78 is 0. The molecular formula is C15H29N3O. The molecule has 2 rings (SSSR count). The number of amides is 1. The summed E-state index contributed by atoms with van der Waals surface area (Å²) in [5, 5.41) is 3.34. The van der Waals surface area contributed by atoms with Crippen molar-refractivity contribution in [2.75, 3.05) is 33.2 Å². The van der Waals surface area contributed by atoms with Crippen LogP contribution in [0, 0.1) is 0 Å². The Morgan fingerprint density at radius 2 is 1.63 bits per heavy atom. The van der Waals surface area contributed by atoms with E-state index in [1.54, 1.807) is 0 Å². The monoisotopic (exact) mass is 267 g/mol. The topological polar surface area (TPSA) is 35.6 Å². The fraction of sp³-hybridized carbons (Fsp3) is 0.933. The highest BCUT2D eigenvalue weighted by Crippen LogP contribution is 2.16. The van der Waals surface area contributed by atoms with Crippen molar-refractivity contribution >= 4 is 5.91 Å². The summed E-state index contributed by atoms with van der Waals surface area (Å²) in [7, 11) is 2.03. The SMILES string of the molecule is CNC1CCN(C(C)C(=O)N2CCCCCC2)CC1. The van der Waals surface area contributed by atoms with Gasteiger partial charge in [-0.05, 0) is 39.7 Å². The van der Waals surface area contributed by atoms with Crippen molar-refractivity contribution in [3.8, 4) is 0 Å². The third-order valence-corrected chi connectivity index (χ3v) is 4.76. The van der Waals surface area contributed by atoms with Crippen molar-refractivity contribution in [2.45, 2.75) is 57.5 Å². The van der Waals surface area contributed by atoms with Crippen LogP contribution in [0.4, 0.5) is 0 Å². The van der Waals surface area contributed by atoms with Gasteiger partial charge in [0.25, 0.3) is 0 Å². The number of nitrogens with one attached hydrogen (secondary N) is 1. The summed E-state index contributed by atoms with van der Waals surface area (Å²) in [6.07, 6.45) is 7.25. The zero-order chi connectivity index (χ0) is 13.7. The highest BCUT2D eigenvalue weighted by atomic mass is 16.2. The molecule has 1 amide bonds. The molecule has 2 aliphatic rings. The van der Waals surface area contributed by atoms with Crippen molar-refractivity contribution in [2.24, 2.45) is 0 Å². The fourth-order valence-corrected chi connectivity index (χ4v) is 3.29. The van der Waals surface area contributed by atoms with Gasteiger partial charge in [0.2, 0.25) is 5.91 Å². The first-order chi connectivity index (χ1) is 9.22. The van der Waals surface area contributed by atoms with E-state index in [1.807, 2.05) is 7.05 Å². The van der Waals surface area contributed by atoms with Crippen LogP contribution in [-0.2, 0) is 4.79 Å². The number of carbonyl (C=O) groups is 1. The normalized spacial score (nSPS) is 25.1. The van der Waals surface area contributed by atoms with Gasteiger partial charge in [-0.3, -0.25) is 9.69 Å². The van der Waals surface area contributed by atoms with Gasteiger partial charge < -0.3 is 10.2 Å². The van der Waals surface area contributed by atoms with Crippen molar-refractivity contribution < 1.29 is 4.79 Å². The molecule has 0 radical (unpaired) electrons. The van der Waals surface area contributed by atoms with Crippen LogP contribution in [0.5, 0.6) is 0 Å². The summed E-state index contributed by atoms with van der Waals surface area (Å²) >= 11 is 0. The summed E-state index contributed by atoms with van der Waals surface area (Å²) in [4.78, 5) is 17.0. The Bertz CT molecular complexity index is 279. The average molecular weight is 267 g/mol. The standard InChI is InChI=1S/C15H29N3O/c1-13(17-11-7-14(16-2)8-12-17)15(19)18-9-5-3-4-6-10-18/h13-14,16H,3-12H2,1-2H3. The van der Waals surface area contributed by atoms with Gasteiger partial charge in [-0.15, -0.1) is 0 Å². The lowest BCUT2D eigenvalue weighted by Gasteiger charge is -2.37.